The number of benzene rings is 1. The predicted octanol–water partition coefficient (Wildman–Crippen LogP) is 3.74. The molecule has 0 atom stereocenters. The number of aromatic nitrogens is 2. The SMILES string of the molecule is O=c1c2c([nH]n1-c1ccc(Cl)c(Cl)c1)CCCCC2. The zero-order chi connectivity index (χ0) is 13.4. The van der Waals surface area contributed by atoms with Crippen LogP contribution in [-0.4, -0.2) is 9.78 Å². The van der Waals surface area contributed by atoms with Gasteiger partial charge in [-0.25, -0.2) is 4.68 Å². The number of fused-ring (bicyclic) bond motifs is 1. The molecule has 0 unspecified atom stereocenters. The minimum Gasteiger partial charge on any atom is -0.295 e. The van der Waals surface area contributed by atoms with Crippen LogP contribution in [0.15, 0.2) is 23.0 Å². The van der Waals surface area contributed by atoms with Gasteiger partial charge in [0.25, 0.3) is 5.56 Å². The Morgan fingerprint density at radius 3 is 2.63 bits per heavy atom. The summed E-state index contributed by atoms with van der Waals surface area (Å²) in [5.41, 5.74) is 2.75. The highest BCUT2D eigenvalue weighted by atomic mass is 35.5. The summed E-state index contributed by atoms with van der Waals surface area (Å²) in [6.45, 7) is 0. The second-order valence-electron chi connectivity index (χ2n) is 4.87. The maximum atomic E-state index is 12.4. The Hall–Kier alpha value is -1.19. The normalized spacial score (nSPS) is 15.1. The van der Waals surface area contributed by atoms with Gasteiger partial charge in [0, 0.05) is 11.3 Å². The summed E-state index contributed by atoms with van der Waals surface area (Å²) in [5.74, 6) is 0. The Bertz CT molecular complexity index is 673. The molecule has 0 amide bonds. The van der Waals surface area contributed by atoms with Gasteiger partial charge >= 0.3 is 0 Å². The van der Waals surface area contributed by atoms with Crippen molar-refractivity contribution in [1.29, 1.82) is 0 Å². The molecule has 1 aliphatic carbocycles. The first-order valence-electron chi connectivity index (χ1n) is 6.45. The van der Waals surface area contributed by atoms with E-state index in [0.717, 1.165) is 42.6 Å². The molecule has 1 aromatic carbocycles. The number of hydrogen-bond acceptors (Lipinski definition) is 1. The molecule has 0 spiro atoms. The molecule has 3 nitrogen and oxygen atoms in total. The number of rotatable bonds is 1. The lowest BCUT2D eigenvalue weighted by atomic mass is 10.1. The van der Waals surface area contributed by atoms with Crippen LogP contribution in [0.3, 0.4) is 0 Å². The molecule has 3 rings (SSSR count). The van der Waals surface area contributed by atoms with Gasteiger partial charge < -0.3 is 0 Å². The molecule has 1 aliphatic rings. The van der Waals surface area contributed by atoms with E-state index in [1.54, 1.807) is 22.9 Å². The molecule has 0 fully saturated rings. The summed E-state index contributed by atoms with van der Waals surface area (Å²) in [6.07, 6.45) is 5.21. The summed E-state index contributed by atoms with van der Waals surface area (Å²) in [7, 11) is 0. The topological polar surface area (TPSA) is 37.8 Å². The van der Waals surface area contributed by atoms with Crippen molar-refractivity contribution in [1.82, 2.24) is 9.78 Å². The Labute approximate surface area is 121 Å². The van der Waals surface area contributed by atoms with E-state index < -0.39 is 0 Å². The fraction of sp³-hybridized carbons (Fsp3) is 0.357. The lowest BCUT2D eigenvalue weighted by Gasteiger charge is -2.04. The molecule has 1 N–H and O–H groups in total. The molecular weight excluding hydrogens is 283 g/mol. The Morgan fingerprint density at radius 2 is 1.84 bits per heavy atom. The Balaban J connectivity index is 2.11. The maximum Gasteiger partial charge on any atom is 0.274 e. The summed E-state index contributed by atoms with van der Waals surface area (Å²) in [6, 6.07) is 5.21. The van der Waals surface area contributed by atoms with Crippen LogP contribution in [0.1, 0.15) is 30.5 Å². The van der Waals surface area contributed by atoms with Gasteiger partial charge in [-0.2, -0.15) is 0 Å². The predicted molar refractivity (Wildman–Crippen MR) is 77.7 cm³/mol. The second-order valence-corrected chi connectivity index (χ2v) is 5.68. The van der Waals surface area contributed by atoms with Gasteiger partial charge in [0.2, 0.25) is 0 Å². The van der Waals surface area contributed by atoms with Gasteiger partial charge in [-0.05, 0) is 43.9 Å². The Morgan fingerprint density at radius 1 is 1.05 bits per heavy atom. The first kappa shape index (κ1) is 12.8. The lowest BCUT2D eigenvalue weighted by molar-refractivity contribution is 0.690. The zero-order valence-electron chi connectivity index (χ0n) is 10.4. The van der Waals surface area contributed by atoms with Crippen molar-refractivity contribution in [2.75, 3.05) is 0 Å². The van der Waals surface area contributed by atoms with Crippen molar-refractivity contribution in [2.24, 2.45) is 0 Å². The van der Waals surface area contributed by atoms with Crippen LogP contribution in [0, 0.1) is 0 Å². The molecule has 100 valence electrons. The van der Waals surface area contributed by atoms with E-state index in [9.17, 15) is 4.79 Å². The number of nitrogens with one attached hydrogen (secondary N) is 1. The number of halogens is 2. The van der Waals surface area contributed by atoms with Crippen LogP contribution in [-0.2, 0) is 12.8 Å². The van der Waals surface area contributed by atoms with Crippen molar-refractivity contribution in [3.05, 3.63) is 49.9 Å². The minimum atomic E-state index is 0.0373. The highest BCUT2D eigenvalue weighted by Gasteiger charge is 2.17. The average Bonchev–Trinajstić information content (AvgIpc) is 2.59. The fourth-order valence-electron chi connectivity index (χ4n) is 2.57. The molecule has 1 heterocycles. The molecule has 0 bridgehead atoms. The summed E-state index contributed by atoms with van der Waals surface area (Å²) < 4.78 is 1.57. The van der Waals surface area contributed by atoms with Crippen LogP contribution < -0.4 is 5.56 Å². The number of nitrogens with zero attached hydrogens (tertiary/aromatic N) is 1. The van der Waals surface area contributed by atoms with E-state index in [0.29, 0.717) is 10.0 Å². The smallest absolute Gasteiger partial charge is 0.274 e. The van der Waals surface area contributed by atoms with Crippen LogP contribution in [0.2, 0.25) is 10.0 Å². The molecule has 1 aromatic heterocycles. The van der Waals surface area contributed by atoms with Crippen LogP contribution in [0.5, 0.6) is 0 Å². The standard InChI is InChI=1S/C14H14Cl2N2O/c15-11-7-6-9(8-12(11)16)18-14(19)10-4-2-1-3-5-13(10)17-18/h6-8,17H,1-5H2. The Kier molecular flexibility index (Phi) is 3.42. The molecule has 0 saturated heterocycles. The third kappa shape index (κ3) is 2.33. The molecule has 0 saturated carbocycles. The second kappa shape index (κ2) is 5.06. The van der Waals surface area contributed by atoms with E-state index in [2.05, 4.69) is 5.10 Å². The first-order valence-corrected chi connectivity index (χ1v) is 7.20. The monoisotopic (exact) mass is 296 g/mol. The third-order valence-corrected chi connectivity index (χ3v) is 4.33. The molecule has 0 radical (unpaired) electrons. The van der Waals surface area contributed by atoms with Crippen molar-refractivity contribution < 1.29 is 0 Å². The minimum absolute atomic E-state index is 0.0373. The van der Waals surface area contributed by atoms with Crippen molar-refractivity contribution in [3.63, 3.8) is 0 Å². The van der Waals surface area contributed by atoms with Crippen LogP contribution >= 0.6 is 23.2 Å². The van der Waals surface area contributed by atoms with Crippen molar-refractivity contribution in [2.45, 2.75) is 32.1 Å². The largest absolute Gasteiger partial charge is 0.295 e. The molecule has 19 heavy (non-hydrogen) atoms. The fourth-order valence-corrected chi connectivity index (χ4v) is 2.86. The number of aryl methyl sites for hydroxylation is 1. The first-order chi connectivity index (χ1) is 9.16. The van der Waals surface area contributed by atoms with Crippen LogP contribution in [0.25, 0.3) is 5.69 Å². The third-order valence-electron chi connectivity index (χ3n) is 3.59. The molecular formula is C14H14Cl2N2O. The lowest BCUT2D eigenvalue weighted by Crippen LogP contribution is -2.17. The maximum absolute atomic E-state index is 12.4. The van der Waals surface area contributed by atoms with Gasteiger partial charge in [-0.15, -0.1) is 0 Å². The van der Waals surface area contributed by atoms with Gasteiger partial charge in [0.05, 0.1) is 15.7 Å². The highest BCUT2D eigenvalue weighted by Crippen LogP contribution is 2.24. The van der Waals surface area contributed by atoms with Gasteiger partial charge in [-0.1, -0.05) is 29.6 Å². The quantitative estimate of drug-likeness (QED) is 0.800. The van der Waals surface area contributed by atoms with E-state index >= 15 is 0 Å². The molecule has 2 aromatic rings. The van der Waals surface area contributed by atoms with Gasteiger partial charge in [0.15, 0.2) is 0 Å². The van der Waals surface area contributed by atoms with E-state index in [4.69, 9.17) is 23.2 Å². The summed E-state index contributed by atoms with van der Waals surface area (Å²) >= 11 is 11.9. The van der Waals surface area contributed by atoms with E-state index in [1.807, 2.05) is 0 Å². The summed E-state index contributed by atoms with van der Waals surface area (Å²) in [4.78, 5) is 12.4. The van der Waals surface area contributed by atoms with Gasteiger partial charge in [0.1, 0.15) is 0 Å². The average molecular weight is 297 g/mol. The van der Waals surface area contributed by atoms with Gasteiger partial charge in [-0.3, -0.25) is 9.89 Å². The number of H-pyrrole nitrogens is 1. The van der Waals surface area contributed by atoms with E-state index in [1.165, 1.54) is 6.42 Å². The highest BCUT2D eigenvalue weighted by molar-refractivity contribution is 6.42. The number of hydrogen-bond donors (Lipinski definition) is 1. The molecule has 0 aliphatic heterocycles. The van der Waals surface area contributed by atoms with Crippen molar-refractivity contribution in [3.8, 4) is 5.69 Å². The summed E-state index contributed by atoms with van der Waals surface area (Å²) in [5, 5.41) is 4.15. The van der Waals surface area contributed by atoms with Crippen molar-refractivity contribution >= 4 is 23.2 Å². The molecule has 5 heteroatoms. The zero-order valence-corrected chi connectivity index (χ0v) is 11.9. The van der Waals surface area contributed by atoms with E-state index in [-0.39, 0.29) is 5.56 Å². The number of aromatic amines is 1. The van der Waals surface area contributed by atoms with Crippen LogP contribution in [0.4, 0.5) is 0 Å².